The highest BCUT2D eigenvalue weighted by atomic mass is 32.2. The number of nitrogens with zero attached hydrogens (tertiary/aromatic N) is 1. The van der Waals surface area contributed by atoms with Crippen LogP contribution in [0, 0.1) is 0 Å². The predicted octanol–water partition coefficient (Wildman–Crippen LogP) is 1.44. The largest absolute Gasteiger partial charge is 0.397 e. The zero-order valence-corrected chi connectivity index (χ0v) is 11.4. The summed E-state index contributed by atoms with van der Waals surface area (Å²) in [7, 11) is 1.65. The molecule has 18 heavy (non-hydrogen) atoms. The van der Waals surface area contributed by atoms with Gasteiger partial charge in [-0.25, -0.2) is 0 Å². The highest BCUT2D eigenvalue weighted by molar-refractivity contribution is 7.99. The Bertz CT molecular complexity index is 326. The summed E-state index contributed by atoms with van der Waals surface area (Å²) in [5.41, 5.74) is 6.49. The summed E-state index contributed by atoms with van der Waals surface area (Å²) in [6, 6.07) is 1.91. The van der Waals surface area contributed by atoms with E-state index in [0.717, 1.165) is 10.6 Å². The fraction of sp³-hybridized carbons (Fsp3) is 0.583. The molecule has 0 spiro atoms. The van der Waals surface area contributed by atoms with Gasteiger partial charge in [0, 0.05) is 24.0 Å². The number of nitrogen functional groups attached to an aromatic ring is 1. The number of methoxy groups -OCH3 is 1. The lowest BCUT2D eigenvalue weighted by atomic mass is 10.4. The average molecular weight is 272 g/mol. The first kappa shape index (κ1) is 15.2. The van der Waals surface area contributed by atoms with Crippen molar-refractivity contribution in [2.75, 3.05) is 51.6 Å². The molecule has 0 saturated carbocycles. The molecule has 1 heterocycles. The lowest BCUT2D eigenvalue weighted by molar-refractivity contribution is 0.0286. The second-order valence-electron chi connectivity index (χ2n) is 3.48. The van der Waals surface area contributed by atoms with Crippen molar-refractivity contribution >= 4 is 17.4 Å². The summed E-state index contributed by atoms with van der Waals surface area (Å²) < 4.78 is 15.6. The molecule has 0 atom stereocenters. The molecule has 6 heteroatoms. The molecule has 2 N–H and O–H groups in total. The zero-order chi connectivity index (χ0) is 13.1. The molecule has 102 valence electrons. The molecule has 0 aliphatic rings. The first-order valence-corrected chi connectivity index (χ1v) is 6.80. The number of nitrogens with two attached hydrogens (primary N) is 1. The Balaban J connectivity index is 1.94. The zero-order valence-electron chi connectivity index (χ0n) is 10.6. The van der Waals surface area contributed by atoms with E-state index in [1.165, 1.54) is 0 Å². The number of thioether (sulfide) groups is 1. The van der Waals surface area contributed by atoms with Gasteiger partial charge in [0.1, 0.15) is 0 Å². The number of hydrogen-bond acceptors (Lipinski definition) is 6. The number of rotatable bonds is 10. The molecule has 0 unspecified atom stereocenters. The average Bonchev–Trinajstić information content (AvgIpc) is 2.39. The van der Waals surface area contributed by atoms with Gasteiger partial charge in [0.25, 0.3) is 0 Å². The minimum atomic E-state index is 0.603. The molecule has 0 fully saturated rings. The van der Waals surface area contributed by atoms with Crippen LogP contribution in [0.5, 0.6) is 0 Å². The Kier molecular flexibility index (Phi) is 8.58. The van der Waals surface area contributed by atoms with Crippen molar-refractivity contribution in [1.82, 2.24) is 4.98 Å². The third-order valence-electron chi connectivity index (χ3n) is 2.10. The van der Waals surface area contributed by atoms with Crippen molar-refractivity contribution < 1.29 is 14.2 Å². The molecule has 1 aromatic heterocycles. The Morgan fingerprint density at radius 2 is 1.89 bits per heavy atom. The Labute approximate surface area is 112 Å². The van der Waals surface area contributed by atoms with Crippen LogP contribution < -0.4 is 5.73 Å². The molecule has 0 aliphatic carbocycles. The van der Waals surface area contributed by atoms with E-state index in [9.17, 15) is 0 Å². The normalized spacial score (nSPS) is 10.7. The van der Waals surface area contributed by atoms with E-state index in [0.29, 0.717) is 38.7 Å². The van der Waals surface area contributed by atoms with Gasteiger partial charge in [-0.15, -0.1) is 11.8 Å². The molecule has 5 nitrogen and oxygen atoms in total. The maximum atomic E-state index is 5.77. The van der Waals surface area contributed by atoms with Gasteiger partial charge < -0.3 is 19.9 Å². The van der Waals surface area contributed by atoms with Gasteiger partial charge in [-0.1, -0.05) is 0 Å². The van der Waals surface area contributed by atoms with Crippen LogP contribution in [0.1, 0.15) is 0 Å². The van der Waals surface area contributed by atoms with E-state index in [2.05, 4.69) is 4.98 Å². The molecule has 0 radical (unpaired) electrons. The molecular formula is C12H20N2O3S. The first-order valence-electron chi connectivity index (χ1n) is 5.81. The van der Waals surface area contributed by atoms with Crippen molar-refractivity contribution in [3.8, 4) is 0 Å². The van der Waals surface area contributed by atoms with Crippen LogP contribution in [0.2, 0.25) is 0 Å². The van der Waals surface area contributed by atoms with Gasteiger partial charge in [0.05, 0.1) is 44.9 Å². The Hall–Kier alpha value is -0.820. The minimum absolute atomic E-state index is 0.603. The van der Waals surface area contributed by atoms with Gasteiger partial charge in [0.2, 0.25) is 0 Å². The van der Waals surface area contributed by atoms with Gasteiger partial charge in [-0.05, 0) is 6.07 Å². The molecular weight excluding hydrogens is 252 g/mol. The number of pyridine rings is 1. The van der Waals surface area contributed by atoms with Crippen molar-refractivity contribution in [3.63, 3.8) is 0 Å². The quantitative estimate of drug-likeness (QED) is 0.513. The molecule has 0 aliphatic heterocycles. The minimum Gasteiger partial charge on any atom is -0.397 e. The molecule has 1 rings (SSSR count). The van der Waals surface area contributed by atoms with E-state index >= 15 is 0 Å². The van der Waals surface area contributed by atoms with E-state index in [4.69, 9.17) is 19.9 Å². The third-order valence-corrected chi connectivity index (χ3v) is 3.15. The van der Waals surface area contributed by atoms with Crippen LogP contribution >= 0.6 is 11.8 Å². The standard InChI is InChI=1S/C12H20N2O3S/c1-15-4-5-16-6-7-17-8-9-18-12-2-3-14-10-11(12)13/h2-3,10H,4-9,13H2,1H3. The smallest absolute Gasteiger partial charge is 0.0701 e. The van der Waals surface area contributed by atoms with Gasteiger partial charge in [-0.2, -0.15) is 0 Å². The topological polar surface area (TPSA) is 66.6 Å². The van der Waals surface area contributed by atoms with E-state index < -0.39 is 0 Å². The number of hydrogen-bond donors (Lipinski definition) is 1. The highest BCUT2D eigenvalue weighted by Gasteiger charge is 1.98. The SMILES string of the molecule is COCCOCCOCCSc1ccncc1N. The molecule has 0 saturated heterocycles. The summed E-state index contributed by atoms with van der Waals surface area (Å²) >= 11 is 1.67. The molecule has 0 amide bonds. The van der Waals surface area contributed by atoms with Crippen LogP contribution in [0.4, 0.5) is 5.69 Å². The Morgan fingerprint density at radius 3 is 2.61 bits per heavy atom. The highest BCUT2D eigenvalue weighted by Crippen LogP contribution is 2.22. The summed E-state index contributed by atoms with van der Waals surface area (Å²) in [6.07, 6.45) is 3.40. The van der Waals surface area contributed by atoms with Crippen molar-refractivity contribution in [2.24, 2.45) is 0 Å². The second kappa shape index (κ2) is 10.1. The van der Waals surface area contributed by atoms with E-state index in [1.807, 2.05) is 6.07 Å². The van der Waals surface area contributed by atoms with Gasteiger partial charge in [-0.3, -0.25) is 4.98 Å². The summed E-state index contributed by atoms with van der Waals surface area (Å²) in [6.45, 7) is 3.13. The maximum absolute atomic E-state index is 5.77. The lowest BCUT2D eigenvalue weighted by Crippen LogP contribution is -2.09. The molecule has 0 aromatic carbocycles. The first-order chi connectivity index (χ1) is 8.84. The number of ether oxygens (including phenoxy) is 3. The van der Waals surface area contributed by atoms with Crippen LogP contribution in [-0.4, -0.2) is 50.9 Å². The predicted molar refractivity (Wildman–Crippen MR) is 72.9 cm³/mol. The molecule has 0 bridgehead atoms. The van der Waals surface area contributed by atoms with Gasteiger partial charge >= 0.3 is 0 Å². The second-order valence-corrected chi connectivity index (χ2v) is 4.62. The maximum Gasteiger partial charge on any atom is 0.0701 e. The van der Waals surface area contributed by atoms with Crippen molar-refractivity contribution in [2.45, 2.75) is 4.90 Å². The van der Waals surface area contributed by atoms with Crippen LogP contribution in [0.25, 0.3) is 0 Å². The third kappa shape index (κ3) is 6.80. The lowest BCUT2D eigenvalue weighted by Gasteiger charge is -2.06. The fourth-order valence-electron chi connectivity index (χ4n) is 1.20. The summed E-state index contributed by atoms with van der Waals surface area (Å²) in [5, 5.41) is 0. The van der Waals surface area contributed by atoms with Gasteiger partial charge in [0.15, 0.2) is 0 Å². The molecule has 1 aromatic rings. The van der Waals surface area contributed by atoms with Crippen LogP contribution in [0.15, 0.2) is 23.4 Å². The van der Waals surface area contributed by atoms with Crippen LogP contribution in [0.3, 0.4) is 0 Å². The summed E-state index contributed by atoms with van der Waals surface area (Å²) in [5.74, 6) is 0.867. The summed E-state index contributed by atoms with van der Waals surface area (Å²) in [4.78, 5) is 4.99. The number of anilines is 1. The van der Waals surface area contributed by atoms with Crippen molar-refractivity contribution in [3.05, 3.63) is 18.5 Å². The monoisotopic (exact) mass is 272 g/mol. The fourth-order valence-corrected chi connectivity index (χ4v) is 2.00. The Morgan fingerprint density at radius 1 is 1.17 bits per heavy atom. The van der Waals surface area contributed by atoms with Crippen LogP contribution in [-0.2, 0) is 14.2 Å². The van der Waals surface area contributed by atoms with E-state index in [-0.39, 0.29) is 0 Å². The van der Waals surface area contributed by atoms with E-state index in [1.54, 1.807) is 31.3 Å². The van der Waals surface area contributed by atoms with Crippen molar-refractivity contribution in [1.29, 1.82) is 0 Å². The number of aromatic nitrogens is 1.